The van der Waals surface area contributed by atoms with E-state index < -0.39 is 0 Å². The fourth-order valence-corrected chi connectivity index (χ4v) is 3.75. The summed E-state index contributed by atoms with van der Waals surface area (Å²) in [7, 11) is 5.85. The Morgan fingerprint density at radius 1 is 1.11 bits per heavy atom. The number of nitrogens with zero attached hydrogens (tertiary/aromatic N) is 2. The number of hydrogen-bond donors (Lipinski definition) is 0. The Kier molecular flexibility index (Phi) is 6.51. The number of piperidine rings is 1. The summed E-state index contributed by atoms with van der Waals surface area (Å²) in [5.41, 5.74) is 2.96. The van der Waals surface area contributed by atoms with Crippen molar-refractivity contribution in [2.45, 2.75) is 31.7 Å². The van der Waals surface area contributed by atoms with Gasteiger partial charge >= 0.3 is 0 Å². The van der Waals surface area contributed by atoms with Crippen molar-refractivity contribution in [3.05, 3.63) is 54.1 Å². The second-order valence-corrected chi connectivity index (χ2v) is 7.55. The van der Waals surface area contributed by atoms with Crippen molar-refractivity contribution in [2.24, 2.45) is 0 Å². The Bertz CT molecular complexity index is 755. The number of likely N-dealkylation sites (tertiary alicyclic amines) is 1. The summed E-state index contributed by atoms with van der Waals surface area (Å²) in [5.74, 6) is 1.00. The summed E-state index contributed by atoms with van der Waals surface area (Å²) < 4.78 is 5.30. The molecule has 1 saturated heterocycles. The molecule has 2 aromatic carbocycles. The molecular formula is C23H30N2O2. The maximum Gasteiger partial charge on any atom is 0.254 e. The van der Waals surface area contributed by atoms with Gasteiger partial charge < -0.3 is 14.5 Å². The van der Waals surface area contributed by atoms with Crippen LogP contribution in [0.2, 0.25) is 0 Å². The molecule has 1 fully saturated rings. The third-order valence-corrected chi connectivity index (χ3v) is 5.33. The minimum atomic E-state index is 0.163. The highest BCUT2D eigenvalue weighted by atomic mass is 16.5. The van der Waals surface area contributed by atoms with Gasteiger partial charge in [-0.1, -0.05) is 24.3 Å². The molecule has 2 aromatic rings. The highest BCUT2D eigenvalue weighted by Gasteiger charge is 2.27. The molecule has 3 rings (SSSR count). The second kappa shape index (κ2) is 9.05. The molecule has 1 atom stereocenters. The van der Waals surface area contributed by atoms with E-state index in [0.717, 1.165) is 54.8 Å². The van der Waals surface area contributed by atoms with Gasteiger partial charge in [0.25, 0.3) is 5.91 Å². The molecule has 0 N–H and O–H groups in total. The molecule has 0 aromatic heterocycles. The van der Waals surface area contributed by atoms with E-state index >= 15 is 0 Å². The normalized spacial score (nSPS) is 17.2. The van der Waals surface area contributed by atoms with Crippen LogP contribution in [-0.2, 0) is 0 Å². The quantitative estimate of drug-likeness (QED) is 0.764. The van der Waals surface area contributed by atoms with Gasteiger partial charge in [-0.05, 0) is 81.7 Å². The summed E-state index contributed by atoms with van der Waals surface area (Å²) >= 11 is 0. The van der Waals surface area contributed by atoms with Crippen LogP contribution >= 0.6 is 0 Å². The van der Waals surface area contributed by atoms with E-state index in [-0.39, 0.29) is 5.91 Å². The van der Waals surface area contributed by atoms with E-state index in [1.807, 2.05) is 42.5 Å². The van der Waals surface area contributed by atoms with E-state index in [4.69, 9.17) is 4.74 Å². The predicted molar refractivity (Wildman–Crippen MR) is 110 cm³/mol. The van der Waals surface area contributed by atoms with Crippen LogP contribution in [0.15, 0.2) is 48.5 Å². The molecule has 0 spiro atoms. The molecule has 1 unspecified atom stereocenters. The van der Waals surface area contributed by atoms with Gasteiger partial charge in [-0.3, -0.25) is 4.79 Å². The predicted octanol–water partition coefficient (Wildman–Crippen LogP) is 4.31. The lowest BCUT2D eigenvalue weighted by Crippen LogP contribution is -2.44. The topological polar surface area (TPSA) is 32.8 Å². The third-order valence-electron chi connectivity index (χ3n) is 5.33. The molecule has 144 valence electrons. The summed E-state index contributed by atoms with van der Waals surface area (Å²) in [4.78, 5) is 17.4. The zero-order valence-corrected chi connectivity index (χ0v) is 16.6. The Hall–Kier alpha value is -2.33. The lowest BCUT2D eigenvalue weighted by Gasteiger charge is -2.36. The summed E-state index contributed by atoms with van der Waals surface area (Å²) in [6.07, 6.45) is 4.48. The molecule has 27 heavy (non-hydrogen) atoms. The molecular weight excluding hydrogens is 336 g/mol. The second-order valence-electron chi connectivity index (χ2n) is 7.55. The summed E-state index contributed by atoms with van der Waals surface area (Å²) in [6.45, 7) is 1.89. The number of methoxy groups -OCH3 is 1. The molecule has 1 heterocycles. The maximum atomic E-state index is 13.1. The van der Waals surface area contributed by atoms with Crippen molar-refractivity contribution in [1.29, 1.82) is 0 Å². The zero-order valence-electron chi connectivity index (χ0n) is 16.6. The molecule has 0 radical (unpaired) electrons. The number of hydrogen-bond acceptors (Lipinski definition) is 3. The minimum Gasteiger partial charge on any atom is -0.497 e. The number of ether oxygens (including phenoxy) is 1. The minimum absolute atomic E-state index is 0.163. The first-order chi connectivity index (χ1) is 13.1. The Balaban J connectivity index is 1.74. The van der Waals surface area contributed by atoms with Gasteiger partial charge in [-0.2, -0.15) is 0 Å². The molecule has 4 nitrogen and oxygen atoms in total. The van der Waals surface area contributed by atoms with Crippen LogP contribution < -0.4 is 4.74 Å². The van der Waals surface area contributed by atoms with Gasteiger partial charge in [-0.25, -0.2) is 0 Å². The van der Waals surface area contributed by atoms with Gasteiger partial charge in [0, 0.05) is 18.2 Å². The number of amides is 1. The van der Waals surface area contributed by atoms with E-state index in [0.29, 0.717) is 6.04 Å². The highest BCUT2D eigenvalue weighted by molar-refractivity contribution is 5.95. The lowest BCUT2D eigenvalue weighted by atomic mass is 9.97. The number of rotatable bonds is 6. The monoisotopic (exact) mass is 366 g/mol. The van der Waals surface area contributed by atoms with E-state index in [1.165, 1.54) is 6.42 Å². The van der Waals surface area contributed by atoms with Crippen LogP contribution in [0.1, 0.15) is 36.0 Å². The summed E-state index contributed by atoms with van der Waals surface area (Å²) in [5, 5.41) is 0. The number of carbonyl (C=O) groups excluding carboxylic acids is 1. The number of benzene rings is 2. The molecule has 1 amide bonds. The standard InChI is InChI=1S/C23H30N2O2/c1-24(2)16-14-21-8-4-5-15-25(21)23(26)19-12-10-18(11-13-19)20-7-6-9-22(17-20)27-3/h6-7,9-13,17,21H,4-5,8,14-16H2,1-3H3. The van der Waals surface area contributed by atoms with Crippen molar-refractivity contribution in [3.8, 4) is 16.9 Å². The van der Waals surface area contributed by atoms with Crippen molar-refractivity contribution in [2.75, 3.05) is 34.3 Å². The molecule has 1 aliphatic rings. The van der Waals surface area contributed by atoms with Gasteiger partial charge in [0.2, 0.25) is 0 Å². The maximum absolute atomic E-state index is 13.1. The Morgan fingerprint density at radius 2 is 1.89 bits per heavy atom. The first kappa shape index (κ1) is 19.4. The smallest absolute Gasteiger partial charge is 0.254 e. The van der Waals surface area contributed by atoms with Crippen molar-refractivity contribution >= 4 is 5.91 Å². The Morgan fingerprint density at radius 3 is 2.59 bits per heavy atom. The van der Waals surface area contributed by atoms with Crippen molar-refractivity contribution in [1.82, 2.24) is 9.80 Å². The van der Waals surface area contributed by atoms with Crippen molar-refractivity contribution in [3.63, 3.8) is 0 Å². The van der Waals surface area contributed by atoms with E-state index in [2.05, 4.69) is 30.0 Å². The van der Waals surface area contributed by atoms with Gasteiger partial charge in [0.15, 0.2) is 0 Å². The Labute approximate surface area is 162 Å². The van der Waals surface area contributed by atoms with Crippen LogP contribution in [0.4, 0.5) is 0 Å². The SMILES string of the molecule is COc1cccc(-c2ccc(C(=O)N3CCCCC3CCN(C)C)cc2)c1. The molecule has 0 bridgehead atoms. The van der Waals surface area contributed by atoms with E-state index in [1.54, 1.807) is 7.11 Å². The molecule has 1 aliphatic heterocycles. The first-order valence-electron chi connectivity index (χ1n) is 9.78. The fraction of sp³-hybridized carbons (Fsp3) is 0.435. The lowest BCUT2D eigenvalue weighted by molar-refractivity contribution is 0.0591. The average Bonchev–Trinajstić information content (AvgIpc) is 2.72. The van der Waals surface area contributed by atoms with Gasteiger partial charge in [0.05, 0.1) is 7.11 Å². The first-order valence-corrected chi connectivity index (χ1v) is 9.78. The highest BCUT2D eigenvalue weighted by Crippen LogP contribution is 2.26. The zero-order chi connectivity index (χ0) is 19.2. The number of carbonyl (C=O) groups is 1. The molecule has 0 saturated carbocycles. The van der Waals surface area contributed by atoms with Crippen LogP contribution in [0.25, 0.3) is 11.1 Å². The van der Waals surface area contributed by atoms with Crippen LogP contribution in [0.3, 0.4) is 0 Å². The summed E-state index contributed by atoms with van der Waals surface area (Å²) in [6, 6.07) is 16.3. The average molecular weight is 367 g/mol. The third kappa shape index (κ3) is 4.89. The van der Waals surface area contributed by atoms with Crippen molar-refractivity contribution < 1.29 is 9.53 Å². The van der Waals surface area contributed by atoms with Crippen LogP contribution in [0.5, 0.6) is 5.75 Å². The fourth-order valence-electron chi connectivity index (χ4n) is 3.75. The van der Waals surface area contributed by atoms with Crippen LogP contribution in [-0.4, -0.2) is 56.0 Å². The molecule has 0 aliphatic carbocycles. The van der Waals surface area contributed by atoms with E-state index in [9.17, 15) is 4.79 Å². The molecule has 4 heteroatoms. The van der Waals surface area contributed by atoms with Gasteiger partial charge in [-0.15, -0.1) is 0 Å². The van der Waals surface area contributed by atoms with Crippen LogP contribution in [0, 0.1) is 0 Å². The van der Waals surface area contributed by atoms with Gasteiger partial charge in [0.1, 0.15) is 5.75 Å². The largest absolute Gasteiger partial charge is 0.497 e.